The predicted molar refractivity (Wildman–Crippen MR) is 82.0 cm³/mol. The van der Waals surface area contributed by atoms with E-state index in [9.17, 15) is 4.79 Å². The number of carbonyl (C=O) groups excluding carboxylic acids is 1. The van der Waals surface area contributed by atoms with Crippen molar-refractivity contribution in [3.8, 4) is 0 Å². The highest BCUT2D eigenvalue weighted by atomic mass is 16.2. The number of hydrogen-bond acceptors (Lipinski definition) is 3. The van der Waals surface area contributed by atoms with E-state index in [-0.39, 0.29) is 18.5 Å². The maximum absolute atomic E-state index is 12.7. The fourth-order valence-corrected chi connectivity index (χ4v) is 3.18. The minimum atomic E-state index is 0.0596. The van der Waals surface area contributed by atoms with Crippen LogP contribution in [-0.4, -0.2) is 37.1 Å². The maximum atomic E-state index is 12.7. The summed E-state index contributed by atoms with van der Waals surface area (Å²) >= 11 is 0. The summed E-state index contributed by atoms with van der Waals surface area (Å²) in [6, 6.07) is 7.99. The molecular weight excluding hydrogens is 278 g/mol. The first-order valence-electron chi connectivity index (χ1n) is 7.52. The van der Waals surface area contributed by atoms with Gasteiger partial charge in [0.1, 0.15) is 12.4 Å². The fraction of sp³-hybridized carbons (Fsp3) is 0.312. The first-order valence-corrected chi connectivity index (χ1v) is 7.52. The van der Waals surface area contributed by atoms with Crippen LogP contribution in [0.2, 0.25) is 0 Å². The normalized spacial score (nSPS) is 18.2. The zero-order chi connectivity index (χ0) is 14.9. The van der Waals surface area contributed by atoms with Crippen molar-refractivity contribution in [3.63, 3.8) is 0 Å². The number of aromatic amines is 1. The van der Waals surface area contributed by atoms with E-state index in [1.807, 2.05) is 29.2 Å². The average molecular weight is 295 g/mol. The van der Waals surface area contributed by atoms with Gasteiger partial charge in [-0.2, -0.15) is 5.10 Å². The lowest BCUT2D eigenvalue weighted by atomic mass is 10.2. The van der Waals surface area contributed by atoms with Gasteiger partial charge in [0.05, 0.1) is 17.8 Å². The van der Waals surface area contributed by atoms with Crippen molar-refractivity contribution in [2.45, 2.75) is 25.4 Å². The molecule has 1 amide bonds. The molecule has 2 aromatic heterocycles. The molecule has 6 heteroatoms. The maximum Gasteiger partial charge on any atom is 0.244 e. The third kappa shape index (κ3) is 2.16. The number of aromatic nitrogens is 4. The molecule has 3 heterocycles. The van der Waals surface area contributed by atoms with Crippen molar-refractivity contribution in [1.29, 1.82) is 0 Å². The molecule has 1 saturated heterocycles. The zero-order valence-corrected chi connectivity index (χ0v) is 12.1. The van der Waals surface area contributed by atoms with Crippen molar-refractivity contribution in [2.24, 2.45) is 0 Å². The number of benzene rings is 1. The molecule has 0 spiro atoms. The van der Waals surface area contributed by atoms with E-state index < -0.39 is 0 Å². The van der Waals surface area contributed by atoms with E-state index in [4.69, 9.17) is 0 Å². The molecule has 112 valence electrons. The van der Waals surface area contributed by atoms with E-state index in [1.54, 1.807) is 23.3 Å². The molecule has 6 nitrogen and oxygen atoms in total. The summed E-state index contributed by atoms with van der Waals surface area (Å²) in [6.07, 6.45) is 7.31. The molecule has 1 N–H and O–H groups in total. The molecule has 22 heavy (non-hydrogen) atoms. The second-order valence-electron chi connectivity index (χ2n) is 5.58. The van der Waals surface area contributed by atoms with Crippen LogP contribution in [-0.2, 0) is 11.3 Å². The summed E-state index contributed by atoms with van der Waals surface area (Å²) in [5, 5.41) is 5.40. The van der Waals surface area contributed by atoms with Gasteiger partial charge in [-0.3, -0.25) is 9.48 Å². The third-order valence-corrected chi connectivity index (χ3v) is 4.24. The molecule has 4 rings (SSSR count). The number of rotatable bonds is 3. The molecule has 3 aromatic rings. The number of hydrogen-bond donors (Lipinski definition) is 1. The van der Waals surface area contributed by atoms with Crippen LogP contribution in [0.5, 0.6) is 0 Å². The summed E-state index contributed by atoms with van der Waals surface area (Å²) in [6.45, 7) is 1.05. The quantitative estimate of drug-likeness (QED) is 0.805. The molecule has 1 aliphatic heterocycles. The first kappa shape index (κ1) is 13.1. The molecule has 1 aromatic carbocycles. The largest absolute Gasteiger partial charge is 0.347 e. The SMILES string of the molecule is O=C(Cn1ncc2ccccc21)N1CCCC1c1ncc[nH]1. The minimum Gasteiger partial charge on any atom is -0.347 e. The van der Waals surface area contributed by atoms with Gasteiger partial charge in [-0.25, -0.2) is 4.98 Å². The number of para-hydroxylation sites is 1. The Kier molecular flexibility index (Phi) is 3.14. The third-order valence-electron chi connectivity index (χ3n) is 4.24. The summed E-state index contributed by atoms with van der Waals surface area (Å²) in [5.41, 5.74) is 0.990. The highest BCUT2D eigenvalue weighted by molar-refractivity contribution is 5.82. The van der Waals surface area contributed by atoms with Gasteiger partial charge in [-0.15, -0.1) is 0 Å². The highest BCUT2D eigenvalue weighted by Gasteiger charge is 2.31. The number of H-pyrrole nitrogens is 1. The van der Waals surface area contributed by atoms with E-state index in [1.165, 1.54) is 0 Å². The molecule has 0 saturated carbocycles. The number of likely N-dealkylation sites (tertiary alicyclic amines) is 1. The van der Waals surface area contributed by atoms with Gasteiger partial charge in [-0.05, 0) is 18.9 Å². The van der Waals surface area contributed by atoms with Crippen LogP contribution >= 0.6 is 0 Å². The van der Waals surface area contributed by atoms with Crippen molar-refractivity contribution >= 4 is 16.8 Å². The lowest BCUT2D eigenvalue weighted by Gasteiger charge is -2.23. The van der Waals surface area contributed by atoms with Crippen LogP contribution in [0.15, 0.2) is 42.9 Å². The van der Waals surface area contributed by atoms with Crippen molar-refractivity contribution < 1.29 is 4.79 Å². The molecule has 1 aliphatic rings. The lowest BCUT2D eigenvalue weighted by molar-refractivity contribution is -0.133. The summed E-state index contributed by atoms with van der Waals surface area (Å²) in [4.78, 5) is 22.0. The Bertz CT molecular complexity index is 792. The van der Waals surface area contributed by atoms with Crippen molar-refractivity contribution in [3.05, 3.63) is 48.7 Å². The number of imidazole rings is 1. The zero-order valence-electron chi connectivity index (χ0n) is 12.1. The van der Waals surface area contributed by atoms with Gasteiger partial charge in [0.2, 0.25) is 5.91 Å². The van der Waals surface area contributed by atoms with E-state index in [0.29, 0.717) is 0 Å². The number of carbonyl (C=O) groups is 1. The smallest absolute Gasteiger partial charge is 0.244 e. The molecule has 0 radical (unpaired) electrons. The molecule has 0 aliphatic carbocycles. The highest BCUT2D eigenvalue weighted by Crippen LogP contribution is 2.30. The Morgan fingerprint density at radius 1 is 1.36 bits per heavy atom. The lowest BCUT2D eigenvalue weighted by Crippen LogP contribution is -2.34. The van der Waals surface area contributed by atoms with E-state index in [0.717, 1.165) is 36.1 Å². The van der Waals surface area contributed by atoms with Crippen LogP contribution in [0, 0.1) is 0 Å². The van der Waals surface area contributed by atoms with Crippen LogP contribution in [0.1, 0.15) is 24.7 Å². The number of nitrogens with zero attached hydrogens (tertiary/aromatic N) is 4. The minimum absolute atomic E-state index is 0.0596. The van der Waals surface area contributed by atoms with Crippen LogP contribution in [0.25, 0.3) is 10.9 Å². The molecule has 1 fully saturated rings. The van der Waals surface area contributed by atoms with Crippen LogP contribution in [0.3, 0.4) is 0 Å². The standard InChI is InChI=1S/C16H17N5O/c22-15(11-21-13-5-2-1-4-12(13)10-19-21)20-9-3-6-14(20)16-17-7-8-18-16/h1-2,4-5,7-8,10,14H,3,6,9,11H2,(H,17,18). The van der Waals surface area contributed by atoms with Gasteiger partial charge < -0.3 is 9.88 Å². The van der Waals surface area contributed by atoms with Crippen molar-refractivity contribution in [1.82, 2.24) is 24.6 Å². The second kappa shape index (κ2) is 5.29. The monoisotopic (exact) mass is 295 g/mol. The predicted octanol–water partition coefficient (Wildman–Crippen LogP) is 2.12. The van der Waals surface area contributed by atoms with Gasteiger partial charge in [0.25, 0.3) is 0 Å². The number of amides is 1. The van der Waals surface area contributed by atoms with Gasteiger partial charge >= 0.3 is 0 Å². The second-order valence-corrected chi connectivity index (χ2v) is 5.58. The fourth-order valence-electron chi connectivity index (χ4n) is 3.18. The molecule has 1 unspecified atom stereocenters. The molecule has 1 atom stereocenters. The van der Waals surface area contributed by atoms with Gasteiger partial charge in [-0.1, -0.05) is 18.2 Å². The molecule has 0 bridgehead atoms. The van der Waals surface area contributed by atoms with Crippen LogP contribution < -0.4 is 0 Å². The molecular formula is C16H17N5O. The summed E-state index contributed by atoms with van der Waals surface area (Å²) in [5.74, 6) is 0.962. The van der Waals surface area contributed by atoms with Crippen molar-refractivity contribution in [2.75, 3.05) is 6.54 Å². The Balaban J connectivity index is 1.57. The van der Waals surface area contributed by atoms with Gasteiger partial charge in [0, 0.05) is 24.3 Å². The number of fused-ring (bicyclic) bond motifs is 1. The summed E-state index contributed by atoms with van der Waals surface area (Å²) < 4.78 is 1.77. The number of nitrogens with one attached hydrogen (secondary N) is 1. The Labute approximate surface area is 127 Å². The first-order chi connectivity index (χ1) is 10.8. The van der Waals surface area contributed by atoms with Crippen LogP contribution in [0.4, 0.5) is 0 Å². The Hall–Kier alpha value is -2.63. The summed E-state index contributed by atoms with van der Waals surface area (Å²) in [7, 11) is 0. The topological polar surface area (TPSA) is 66.8 Å². The average Bonchev–Trinajstić information content (AvgIpc) is 3.27. The Morgan fingerprint density at radius 3 is 3.14 bits per heavy atom. The van der Waals surface area contributed by atoms with E-state index in [2.05, 4.69) is 15.1 Å². The van der Waals surface area contributed by atoms with Gasteiger partial charge in [0.15, 0.2) is 0 Å². The Morgan fingerprint density at radius 2 is 2.27 bits per heavy atom. The van der Waals surface area contributed by atoms with E-state index >= 15 is 0 Å².